The third kappa shape index (κ3) is 6.22. The lowest BCUT2D eigenvalue weighted by Gasteiger charge is -2.41. The molecule has 0 aromatic carbocycles. The van der Waals surface area contributed by atoms with Crippen LogP contribution in [0, 0.1) is 5.92 Å². The van der Waals surface area contributed by atoms with Gasteiger partial charge in [-0.25, -0.2) is 4.79 Å². The Morgan fingerprint density at radius 1 is 1.27 bits per heavy atom. The zero-order chi connectivity index (χ0) is 16.8. The molecule has 1 rings (SSSR count). The van der Waals surface area contributed by atoms with Gasteiger partial charge in [0.2, 0.25) is 5.91 Å². The van der Waals surface area contributed by atoms with E-state index in [9.17, 15) is 14.7 Å². The Hall–Kier alpha value is -1.30. The molecular weight excluding hydrogens is 282 g/mol. The fourth-order valence-corrected chi connectivity index (χ4v) is 3.44. The molecule has 128 valence electrons. The fraction of sp³-hybridized carbons (Fsp3) is 0.875. The summed E-state index contributed by atoms with van der Waals surface area (Å²) in [6, 6.07) is -0.139. The van der Waals surface area contributed by atoms with Gasteiger partial charge in [-0.1, -0.05) is 32.1 Å². The SMILES string of the molecule is CC(C)(C)N(C(=O)O)[C@H](CNCC(N)=O)CC1CCCCC1. The summed E-state index contributed by atoms with van der Waals surface area (Å²) in [4.78, 5) is 24.2. The summed E-state index contributed by atoms with van der Waals surface area (Å²) in [7, 11) is 0. The average Bonchev–Trinajstić information content (AvgIpc) is 2.37. The van der Waals surface area contributed by atoms with Crippen LogP contribution in [0.15, 0.2) is 0 Å². The molecule has 0 bridgehead atoms. The second-order valence-corrected chi connectivity index (χ2v) is 7.31. The number of carboxylic acid groups (broad SMARTS) is 1. The minimum absolute atomic E-state index is 0.0821. The monoisotopic (exact) mass is 313 g/mol. The van der Waals surface area contributed by atoms with Crippen LogP contribution in [0.25, 0.3) is 0 Å². The Labute approximate surface area is 133 Å². The number of primary amides is 1. The first-order chi connectivity index (χ1) is 10.2. The molecule has 2 amide bonds. The first-order valence-electron chi connectivity index (χ1n) is 8.23. The highest BCUT2D eigenvalue weighted by Crippen LogP contribution is 2.30. The lowest BCUT2D eigenvalue weighted by Crippen LogP contribution is -2.55. The fourth-order valence-electron chi connectivity index (χ4n) is 3.44. The van der Waals surface area contributed by atoms with Gasteiger partial charge < -0.3 is 16.2 Å². The minimum Gasteiger partial charge on any atom is -0.465 e. The first kappa shape index (κ1) is 18.7. The number of carbonyl (C=O) groups is 2. The number of carbonyl (C=O) groups excluding carboxylic acids is 1. The predicted molar refractivity (Wildman–Crippen MR) is 86.7 cm³/mol. The highest BCUT2D eigenvalue weighted by Gasteiger charge is 2.34. The van der Waals surface area contributed by atoms with Crippen LogP contribution in [0.4, 0.5) is 4.79 Å². The van der Waals surface area contributed by atoms with Gasteiger partial charge in [-0.2, -0.15) is 0 Å². The Kier molecular flexibility index (Phi) is 7.13. The topological polar surface area (TPSA) is 95.7 Å². The number of rotatable bonds is 7. The van der Waals surface area contributed by atoms with Crippen molar-refractivity contribution in [3.63, 3.8) is 0 Å². The van der Waals surface area contributed by atoms with Gasteiger partial charge in [-0.3, -0.25) is 9.69 Å². The molecule has 1 aliphatic carbocycles. The van der Waals surface area contributed by atoms with Crippen molar-refractivity contribution in [2.45, 2.75) is 70.9 Å². The van der Waals surface area contributed by atoms with Gasteiger partial charge in [-0.05, 0) is 33.1 Å². The number of nitrogens with one attached hydrogen (secondary N) is 1. The van der Waals surface area contributed by atoms with Crippen LogP contribution in [0.2, 0.25) is 0 Å². The lowest BCUT2D eigenvalue weighted by molar-refractivity contribution is -0.117. The van der Waals surface area contributed by atoms with Crippen molar-refractivity contribution < 1.29 is 14.7 Å². The Morgan fingerprint density at radius 3 is 2.32 bits per heavy atom. The van der Waals surface area contributed by atoms with Gasteiger partial charge in [0.15, 0.2) is 0 Å². The van der Waals surface area contributed by atoms with Crippen LogP contribution in [0.3, 0.4) is 0 Å². The standard InChI is InChI=1S/C16H31N3O3/c1-16(2,3)19(15(21)22)13(10-18-11-14(17)20)9-12-7-5-4-6-8-12/h12-13,18H,4-11H2,1-3H3,(H2,17,20)(H,21,22)/t13-/m0/s1. The van der Waals surface area contributed by atoms with Crippen molar-refractivity contribution in [3.05, 3.63) is 0 Å². The molecule has 1 fully saturated rings. The summed E-state index contributed by atoms with van der Waals surface area (Å²) in [5.41, 5.74) is 4.68. The van der Waals surface area contributed by atoms with E-state index in [1.165, 1.54) is 37.0 Å². The normalized spacial score (nSPS) is 18.0. The van der Waals surface area contributed by atoms with Crippen molar-refractivity contribution in [3.8, 4) is 0 Å². The summed E-state index contributed by atoms with van der Waals surface area (Å²) in [6.45, 7) is 6.26. The molecule has 4 N–H and O–H groups in total. The van der Waals surface area contributed by atoms with Crippen molar-refractivity contribution in [1.82, 2.24) is 10.2 Å². The Bertz CT molecular complexity index is 373. The van der Waals surface area contributed by atoms with Crippen molar-refractivity contribution in [2.24, 2.45) is 11.7 Å². The molecule has 6 heteroatoms. The van der Waals surface area contributed by atoms with E-state index in [1.807, 2.05) is 20.8 Å². The van der Waals surface area contributed by atoms with Crippen molar-refractivity contribution >= 4 is 12.0 Å². The maximum atomic E-state index is 11.7. The van der Waals surface area contributed by atoms with E-state index in [4.69, 9.17) is 5.73 Å². The molecule has 1 atom stereocenters. The molecule has 0 unspecified atom stereocenters. The number of hydrogen-bond donors (Lipinski definition) is 3. The Morgan fingerprint density at radius 2 is 1.86 bits per heavy atom. The van der Waals surface area contributed by atoms with Crippen LogP contribution in [-0.2, 0) is 4.79 Å². The molecule has 0 aromatic rings. The molecule has 0 radical (unpaired) electrons. The van der Waals surface area contributed by atoms with E-state index in [2.05, 4.69) is 5.32 Å². The highest BCUT2D eigenvalue weighted by atomic mass is 16.4. The van der Waals surface area contributed by atoms with E-state index in [0.717, 1.165) is 6.42 Å². The molecule has 6 nitrogen and oxygen atoms in total. The maximum Gasteiger partial charge on any atom is 0.408 e. The van der Waals surface area contributed by atoms with E-state index in [-0.39, 0.29) is 12.6 Å². The van der Waals surface area contributed by atoms with Crippen LogP contribution < -0.4 is 11.1 Å². The second kappa shape index (κ2) is 8.36. The van der Waals surface area contributed by atoms with E-state index in [0.29, 0.717) is 12.5 Å². The number of nitrogens with two attached hydrogens (primary N) is 1. The van der Waals surface area contributed by atoms with Crippen molar-refractivity contribution in [1.29, 1.82) is 0 Å². The minimum atomic E-state index is -0.908. The van der Waals surface area contributed by atoms with Crippen LogP contribution >= 0.6 is 0 Å². The summed E-state index contributed by atoms with van der Waals surface area (Å²) < 4.78 is 0. The third-order valence-electron chi connectivity index (χ3n) is 4.30. The van der Waals surface area contributed by atoms with Gasteiger partial charge in [0.1, 0.15) is 0 Å². The Balaban J connectivity index is 2.77. The van der Waals surface area contributed by atoms with Gasteiger partial charge in [0.25, 0.3) is 0 Å². The molecule has 22 heavy (non-hydrogen) atoms. The van der Waals surface area contributed by atoms with E-state index < -0.39 is 17.5 Å². The summed E-state index contributed by atoms with van der Waals surface area (Å²) in [5, 5.41) is 12.6. The van der Waals surface area contributed by atoms with Gasteiger partial charge in [-0.15, -0.1) is 0 Å². The smallest absolute Gasteiger partial charge is 0.408 e. The summed E-state index contributed by atoms with van der Waals surface area (Å²) in [5.74, 6) is 0.146. The number of amides is 2. The zero-order valence-electron chi connectivity index (χ0n) is 14.1. The number of nitrogens with zero attached hydrogens (tertiary/aromatic N) is 1. The van der Waals surface area contributed by atoms with Gasteiger partial charge >= 0.3 is 6.09 Å². The van der Waals surface area contributed by atoms with Gasteiger partial charge in [0, 0.05) is 18.1 Å². The van der Waals surface area contributed by atoms with E-state index >= 15 is 0 Å². The highest BCUT2D eigenvalue weighted by molar-refractivity contribution is 5.75. The van der Waals surface area contributed by atoms with Gasteiger partial charge in [0.05, 0.1) is 6.54 Å². The molecule has 0 heterocycles. The molecule has 0 aromatic heterocycles. The second-order valence-electron chi connectivity index (χ2n) is 7.31. The predicted octanol–water partition coefficient (Wildman–Crippen LogP) is 2.18. The molecule has 0 aliphatic heterocycles. The summed E-state index contributed by atoms with van der Waals surface area (Å²) >= 11 is 0. The van der Waals surface area contributed by atoms with Crippen LogP contribution in [-0.4, -0.2) is 46.7 Å². The van der Waals surface area contributed by atoms with Crippen molar-refractivity contribution in [2.75, 3.05) is 13.1 Å². The molecule has 1 aliphatic rings. The lowest BCUT2D eigenvalue weighted by atomic mass is 9.83. The van der Waals surface area contributed by atoms with Crippen LogP contribution in [0.1, 0.15) is 59.3 Å². The molecule has 1 saturated carbocycles. The van der Waals surface area contributed by atoms with Crippen LogP contribution in [0.5, 0.6) is 0 Å². The zero-order valence-corrected chi connectivity index (χ0v) is 14.1. The molecule has 0 saturated heterocycles. The third-order valence-corrected chi connectivity index (χ3v) is 4.30. The largest absolute Gasteiger partial charge is 0.465 e. The quantitative estimate of drug-likeness (QED) is 0.671. The number of hydrogen-bond acceptors (Lipinski definition) is 3. The molecule has 0 spiro atoms. The average molecular weight is 313 g/mol. The van der Waals surface area contributed by atoms with E-state index in [1.54, 1.807) is 0 Å². The summed E-state index contributed by atoms with van der Waals surface area (Å²) in [6.07, 6.45) is 6.02. The first-order valence-corrected chi connectivity index (χ1v) is 8.23. The maximum absolute atomic E-state index is 11.7. The molecular formula is C16H31N3O3.